The highest BCUT2D eigenvalue weighted by atomic mass is 15.1. The molecule has 0 aromatic heterocycles. The van der Waals surface area contributed by atoms with E-state index in [2.05, 4.69) is 70.5 Å². The van der Waals surface area contributed by atoms with Gasteiger partial charge in [-0.1, -0.05) is 121 Å². The van der Waals surface area contributed by atoms with E-state index in [1.807, 2.05) is 158 Å². The first kappa shape index (κ1) is 33.1. The summed E-state index contributed by atoms with van der Waals surface area (Å²) in [5, 5.41) is 20.2. The summed E-state index contributed by atoms with van der Waals surface area (Å²) >= 11 is 0. The maximum atomic E-state index is 10.1. The van der Waals surface area contributed by atoms with Gasteiger partial charge in [0.05, 0.1) is 23.3 Å². The predicted molar refractivity (Wildman–Crippen MR) is 216 cm³/mol. The minimum absolute atomic E-state index is 0.568. The molecule has 0 N–H and O–H groups in total. The summed E-state index contributed by atoms with van der Waals surface area (Å²) in [7, 11) is 0. The van der Waals surface area contributed by atoms with Crippen LogP contribution in [-0.4, -0.2) is 0 Å². The second-order valence-electron chi connectivity index (χ2n) is 12.1. The average Bonchev–Trinajstić information content (AvgIpc) is 3.22. The first-order valence-electron chi connectivity index (χ1n) is 17.1. The van der Waals surface area contributed by atoms with Crippen molar-refractivity contribution < 1.29 is 0 Å². The molecule has 7 rings (SSSR count). The number of benzene rings is 7. The number of nitriles is 2. The Morgan fingerprint density at radius 1 is 0.327 bits per heavy atom. The Morgan fingerprint density at radius 2 is 0.577 bits per heavy atom. The van der Waals surface area contributed by atoms with Crippen LogP contribution >= 0.6 is 0 Å². The van der Waals surface area contributed by atoms with Crippen molar-refractivity contribution in [3.8, 4) is 12.1 Å². The second kappa shape index (κ2) is 15.9. The van der Waals surface area contributed by atoms with Crippen LogP contribution in [0.4, 0.5) is 34.1 Å². The van der Waals surface area contributed by atoms with Crippen LogP contribution in [0.15, 0.2) is 194 Å². The van der Waals surface area contributed by atoms with Crippen LogP contribution in [0.5, 0.6) is 0 Å². The molecule has 0 saturated heterocycles. The highest BCUT2D eigenvalue weighted by molar-refractivity contribution is 5.92. The van der Waals surface area contributed by atoms with Gasteiger partial charge >= 0.3 is 0 Å². The molecule has 0 aliphatic carbocycles. The molecule has 0 aliphatic rings. The van der Waals surface area contributed by atoms with E-state index in [-0.39, 0.29) is 0 Å². The van der Waals surface area contributed by atoms with Crippen molar-refractivity contribution >= 4 is 57.4 Å². The fourth-order valence-corrected chi connectivity index (χ4v) is 6.16. The molecule has 0 unspecified atom stereocenters. The first-order chi connectivity index (χ1) is 25.7. The third-order valence-corrected chi connectivity index (χ3v) is 8.73. The van der Waals surface area contributed by atoms with Crippen LogP contribution < -0.4 is 9.80 Å². The predicted octanol–water partition coefficient (Wildman–Crippen LogP) is 12.8. The summed E-state index contributed by atoms with van der Waals surface area (Å²) in [5.74, 6) is 0. The molecule has 0 atom stereocenters. The third-order valence-electron chi connectivity index (χ3n) is 8.73. The van der Waals surface area contributed by atoms with E-state index in [1.54, 1.807) is 0 Å². The lowest BCUT2D eigenvalue weighted by atomic mass is 10.0. The second-order valence-corrected chi connectivity index (χ2v) is 12.1. The Morgan fingerprint density at radius 3 is 0.827 bits per heavy atom. The van der Waals surface area contributed by atoms with Crippen LogP contribution in [0, 0.1) is 22.7 Å². The highest BCUT2D eigenvalue weighted by Crippen LogP contribution is 2.36. The first-order valence-corrected chi connectivity index (χ1v) is 17.1. The zero-order valence-corrected chi connectivity index (χ0v) is 28.4. The molecule has 0 aliphatic heterocycles. The molecule has 0 spiro atoms. The van der Waals surface area contributed by atoms with Gasteiger partial charge in [-0.15, -0.1) is 0 Å². The average molecular weight is 667 g/mol. The number of anilines is 6. The molecule has 0 radical (unpaired) electrons. The molecule has 4 heteroatoms. The number of allylic oxidation sites excluding steroid dienone is 2. The van der Waals surface area contributed by atoms with Crippen LogP contribution in [-0.2, 0) is 0 Å². The lowest BCUT2D eigenvalue weighted by Gasteiger charge is -2.25. The smallest absolute Gasteiger partial charge is 0.0998 e. The lowest BCUT2D eigenvalue weighted by Crippen LogP contribution is -2.09. The summed E-state index contributed by atoms with van der Waals surface area (Å²) in [6.07, 6.45) is 3.79. The van der Waals surface area contributed by atoms with Crippen molar-refractivity contribution in [3.63, 3.8) is 0 Å². The molecule has 246 valence electrons. The molecule has 52 heavy (non-hydrogen) atoms. The van der Waals surface area contributed by atoms with Crippen LogP contribution in [0.25, 0.3) is 23.3 Å². The van der Waals surface area contributed by atoms with E-state index in [1.165, 1.54) is 0 Å². The summed E-state index contributed by atoms with van der Waals surface area (Å²) in [6.45, 7) is 0. The summed E-state index contributed by atoms with van der Waals surface area (Å²) in [4.78, 5) is 4.39. The number of nitrogens with zero attached hydrogens (tertiary/aromatic N) is 4. The topological polar surface area (TPSA) is 54.1 Å². The number of rotatable bonds is 10. The SMILES string of the molecule is N#C/C(=C\c1ccc(/C=C(\C#N)c2ccc(N(c3ccccc3)c3ccccc3)cc2)cc1)c1ccc(N(c2ccccc2)c2ccccc2)cc1. The molecule has 7 aromatic carbocycles. The van der Waals surface area contributed by atoms with Gasteiger partial charge in [0.2, 0.25) is 0 Å². The fraction of sp³-hybridized carbons (Fsp3) is 0. The maximum Gasteiger partial charge on any atom is 0.0998 e. The zero-order chi connectivity index (χ0) is 35.5. The standard InChI is InChI=1S/C48H34N4/c49-35-41(39-25-29-47(30-26-39)51(43-13-5-1-6-14-43)44-15-7-2-8-16-44)33-37-21-23-38(24-22-37)34-42(36-50)40-27-31-48(32-28-40)52(45-17-9-3-10-18-45)46-19-11-4-12-20-46/h1-34H/b41-33+,42-34+. The van der Waals surface area contributed by atoms with Crippen LogP contribution in [0.2, 0.25) is 0 Å². The van der Waals surface area contributed by atoms with E-state index in [0.29, 0.717) is 11.1 Å². The normalized spacial score (nSPS) is 11.3. The van der Waals surface area contributed by atoms with Gasteiger partial charge < -0.3 is 9.80 Å². The van der Waals surface area contributed by atoms with E-state index in [9.17, 15) is 10.5 Å². The van der Waals surface area contributed by atoms with Gasteiger partial charge in [0.15, 0.2) is 0 Å². The molecule has 0 fully saturated rings. The molecule has 0 bridgehead atoms. The van der Waals surface area contributed by atoms with E-state index < -0.39 is 0 Å². The van der Waals surface area contributed by atoms with E-state index >= 15 is 0 Å². The Balaban J connectivity index is 1.10. The quantitative estimate of drug-likeness (QED) is 0.108. The number of hydrogen-bond donors (Lipinski definition) is 0. The van der Waals surface area contributed by atoms with Crippen molar-refractivity contribution in [2.45, 2.75) is 0 Å². The number of hydrogen-bond acceptors (Lipinski definition) is 4. The molecular weight excluding hydrogens is 633 g/mol. The largest absolute Gasteiger partial charge is 0.311 e. The van der Waals surface area contributed by atoms with Crippen LogP contribution in [0.3, 0.4) is 0 Å². The minimum atomic E-state index is 0.568. The lowest BCUT2D eigenvalue weighted by molar-refractivity contribution is 1.28. The summed E-state index contributed by atoms with van der Waals surface area (Å²) < 4.78 is 0. The van der Waals surface area contributed by atoms with Crippen molar-refractivity contribution in [1.29, 1.82) is 10.5 Å². The third kappa shape index (κ3) is 7.58. The van der Waals surface area contributed by atoms with Crippen molar-refractivity contribution in [2.75, 3.05) is 9.80 Å². The van der Waals surface area contributed by atoms with Gasteiger partial charge in [0.25, 0.3) is 0 Å². The van der Waals surface area contributed by atoms with E-state index in [0.717, 1.165) is 56.4 Å². The highest BCUT2D eigenvalue weighted by Gasteiger charge is 2.14. The van der Waals surface area contributed by atoms with Crippen molar-refractivity contribution in [1.82, 2.24) is 0 Å². The molecule has 7 aromatic rings. The van der Waals surface area contributed by atoms with Gasteiger partial charge in [0, 0.05) is 34.1 Å². The van der Waals surface area contributed by atoms with Gasteiger partial charge in [-0.3, -0.25) is 0 Å². The Kier molecular flexibility index (Phi) is 10.1. The fourth-order valence-electron chi connectivity index (χ4n) is 6.16. The van der Waals surface area contributed by atoms with Crippen molar-refractivity contribution in [2.24, 2.45) is 0 Å². The van der Waals surface area contributed by atoms with Gasteiger partial charge in [-0.25, -0.2) is 0 Å². The molecule has 0 amide bonds. The molecule has 0 saturated carbocycles. The maximum absolute atomic E-state index is 10.1. The summed E-state index contributed by atoms with van der Waals surface area (Å²) in [5.41, 5.74) is 10.8. The Hall–Kier alpha value is -7.40. The van der Waals surface area contributed by atoms with E-state index in [4.69, 9.17) is 0 Å². The van der Waals surface area contributed by atoms with Gasteiger partial charge in [-0.2, -0.15) is 10.5 Å². The Labute approximate surface area is 305 Å². The summed E-state index contributed by atoms with van der Waals surface area (Å²) in [6, 6.07) is 69.8. The molecule has 4 nitrogen and oxygen atoms in total. The van der Waals surface area contributed by atoms with Gasteiger partial charge in [-0.05, 0) is 107 Å². The number of para-hydroxylation sites is 4. The Bertz CT molecular complexity index is 2120. The van der Waals surface area contributed by atoms with Gasteiger partial charge in [0.1, 0.15) is 0 Å². The zero-order valence-electron chi connectivity index (χ0n) is 28.4. The molecular formula is C48H34N4. The monoisotopic (exact) mass is 666 g/mol. The minimum Gasteiger partial charge on any atom is -0.311 e. The van der Waals surface area contributed by atoms with Crippen molar-refractivity contribution in [3.05, 3.63) is 216 Å². The molecule has 0 heterocycles. The van der Waals surface area contributed by atoms with Crippen LogP contribution in [0.1, 0.15) is 22.3 Å².